The first-order valence-electron chi connectivity index (χ1n) is 12.1. The monoisotopic (exact) mass is 486 g/mol. The number of aliphatic hydroxyl groups is 1. The summed E-state index contributed by atoms with van der Waals surface area (Å²) in [7, 11) is 2.11. The summed E-state index contributed by atoms with van der Waals surface area (Å²) in [6, 6.07) is 13.0. The molecule has 35 heavy (non-hydrogen) atoms. The lowest BCUT2D eigenvalue weighted by Gasteiger charge is -2.28. The van der Waals surface area contributed by atoms with Gasteiger partial charge in [-0.1, -0.05) is 42.8 Å². The van der Waals surface area contributed by atoms with E-state index in [0.717, 1.165) is 54.2 Å². The summed E-state index contributed by atoms with van der Waals surface area (Å²) >= 11 is 0. The molecule has 1 aliphatic heterocycles. The van der Waals surface area contributed by atoms with Crippen molar-refractivity contribution in [3.05, 3.63) is 77.4 Å². The smallest absolute Gasteiger partial charge is 0.388 e. The summed E-state index contributed by atoms with van der Waals surface area (Å²) in [6.07, 6.45) is 1.40. The van der Waals surface area contributed by atoms with Crippen LogP contribution < -0.4 is 0 Å². The highest BCUT2D eigenvalue weighted by atomic mass is 19.4. The van der Waals surface area contributed by atoms with Crippen LogP contribution in [-0.4, -0.2) is 57.7 Å². The van der Waals surface area contributed by atoms with E-state index >= 15 is 0 Å². The number of hydrogen-bond acceptors (Lipinski definition) is 4. The van der Waals surface area contributed by atoms with Gasteiger partial charge in [-0.2, -0.15) is 13.2 Å². The zero-order valence-corrected chi connectivity index (χ0v) is 20.1. The Labute approximate surface area is 204 Å². The number of likely N-dealkylation sites (tertiary alicyclic amines) is 1. The van der Waals surface area contributed by atoms with E-state index in [9.17, 15) is 18.3 Å². The Kier molecular flexibility index (Phi) is 8.26. The molecule has 188 valence electrons. The second-order valence-corrected chi connectivity index (χ2v) is 9.32. The van der Waals surface area contributed by atoms with E-state index in [1.54, 1.807) is 0 Å². The van der Waals surface area contributed by atoms with Gasteiger partial charge in [-0.05, 0) is 61.8 Å². The van der Waals surface area contributed by atoms with Crippen LogP contribution in [0.15, 0.2) is 54.7 Å². The van der Waals surface area contributed by atoms with Crippen LogP contribution in [0.1, 0.15) is 41.9 Å². The molecule has 1 saturated heterocycles. The Morgan fingerprint density at radius 3 is 2.17 bits per heavy atom. The summed E-state index contributed by atoms with van der Waals surface area (Å²) in [5.41, 5.74) is 3.02. The van der Waals surface area contributed by atoms with Crippen molar-refractivity contribution in [1.29, 1.82) is 0 Å². The van der Waals surface area contributed by atoms with E-state index in [0.29, 0.717) is 12.4 Å². The quantitative estimate of drug-likeness (QED) is 0.461. The number of imidazole rings is 1. The third-order valence-electron chi connectivity index (χ3n) is 6.68. The zero-order chi connectivity index (χ0) is 24.8. The minimum Gasteiger partial charge on any atom is -0.388 e. The van der Waals surface area contributed by atoms with E-state index in [2.05, 4.69) is 21.8 Å². The maximum absolute atomic E-state index is 12.8. The van der Waals surface area contributed by atoms with E-state index in [1.165, 1.54) is 44.5 Å². The zero-order valence-electron chi connectivity index (χ0n) is 20.1. The molecule has 2 heterocycles. The van der Waals surface area contributed by atoms with Crippen molar-refractivity contribution in [3.8, 4) is 11.1 Å². The van der Waals surface area contributed by atoms with Gasteiger partial charge in [0.2, 0.25) is 0 Å². The first kappa shape index (κ1) is 25.4. The maximum atomic E-state index is 12.8. The Hall–Kier alpha value is -2.68. The Morgan fingerprint density at radius 1 is 0.943 bits per heavy atom. The molecule has 5 nitrogen and oxygen atoms in total. The van der Waals surface area contributed by atoms with Gasteiger partial charge in [0.1, 0.15) is 12.4 Å². The van der Waals surface area contributed by atoms with Gasteiger partial charge < -0.3 is 14.6 Å². The van der Waals surface area contributed by atoms with Crippen molar-refractivity contribution in [2.45, 2.75) is 45.1 Å². The van der Waals surface area contributed by atoms with Crippen molar-refractivity contribution in [3.63, 3.8) is 0 Å². The van der Waals surface area contributed by atoms with E-state index in [4.69, 9.17) is 0 Å². The largest absolute Gasteiger partial charge is 0.416 e. The molecule has 0 bridgehead atoms. The first-order valence-corrected chi connectivity index (χ1v) is 12.1. The molecule has 0 atom stereocenters. The van der Waals surface area contributed by atoms with Crippen LogP contribution in [0.2, 0.25) is 0 Å². The molecule has 0 unspecified atom stereocenters. The van der Waals surface area contributed by atoms with Gasteiger partial charge in [0.15, 0.2) is 0 Å². The molecular weight excluding hydrogens is 453 g/mol. The van der Waals surface area contributed by atoms with Crippen LogP contribution in [0.4, 0.5) is 13.2 Å². The Balaban J connectivity index is 1.40. The van der Waals surface area contributed by atoms with Crippen molar-refractivity contribution in [1.82, 2.24) is 19.4 Å². The van der Waals surface area contributed by atoms with Crippen molar-refractivity contribution >= 4 is 0 Å². The standard InChI is InChI=1S/C27H33F3N4O/c1-32(15-16-33-13-3-2-4-14-33)19-25-17-31-26(20-35)34(25)18-21-5-7-22(8-6-21)23-9-11-24(12-10-23)27(28,29)30/h5-12,17,35H,2-4,13-16,18-20H2,1H3. The SMILES string of the molecule is CN(CCN1CCCCC1)Cc1cnc(CO)n1Cc1ccc(-c2ccc(C(F)(F)F)cc2)cc1. The fourth-order valence-corrected chi connectivity index (χ4v) is 4.59. The van der Waals surface area contributed by atoms with Crippen LogP contribution in [0, 0.1) is 0 Å². The molecule has 1 aromatic heterocycles. The molecule has 0 radical (unpaired) electrons. The third kappa shape index (κ3) is 6.72. The van der Waals surface area contributed by atoms with Gasteiger partial charge in [0.05, 0.1) is 11.3 Å². The normalized spacial score (nSPS) is 15.1. The average Bonchev–Trinajstić information content (AvgIpc) is 3.24. The Bertz CT molecular complexity index is 1070. The van der Waals surface area contributed by atoms with Gasteiger partial charge >= 0.3 is 6.18 Å². The van der Waals surface area contributed by atoms with Crippen molar-refractivity contribution in [2.75, 3.05) is 33.2 Å². The van der Waals surface area contributed by atoms with Crippen LogP contribution >= 0.6 is 0 Å². The lowest BCUT2D eigenvalue weighted by atomic mass is 10.0. The van der Waals surface area contributed by atoms with Gasteiger partial charge in [-0.15, -0.1) is 0 Å². The van der Waals surface area contributed by atoms with Crippen molar-refractivity contribution < 1.29 is 18.3 Å². The molecule has 1 aliphatic rings. The first-order chi connectivity index (χ1) is 16.8. The topological polar surface area (TPSA) is 44.5 Å². The Morgan fingerprint density at radius 2 is 1.57 bits per heavy atom. The van der Waals surface area contributed by atoms with E-state index in [1.807, 2.05) is 35.0 Å². The molecule has 0 amide bonds. The number of aromatic nitrogens is 2. The van der Waals surface area contributed by atoms with E-state index < -0.39 is 11.7 Å². The predicted octanol–water partition coefficient (Wildman–Crippen LogP) is 5.03. The highest BCUT2D eigenvalue weighted by molar-refractivity contribution is 5.64. The van der Waals surface area contributed by atoms with Crippen molar-refractivity contribution in [2.24, 2.45) is 0 Å². The second-order valence-electron chi connectivity index (χ2n) is 9.32. The number of alkyl halides is 3. The molecule has 0 aliphatic carbocycles. The lowest BCUT2D eigenvalue weighted by molar-refractivity contribution is -0.137. The molecule has 0 spiro atoms. The van der Waals surface area contributed by atoms with Crippen LogP contribution in [0.3, 0.4) is 0 Å². The van der Waals surface area contributed by atoms with E-state index in [-0.39, 0.29) is 6.61 Å². The minimum absolute atomic E-state index is 0.138. The summed E-state index contributed by atoms with van der Waals surface area (Å²) in [6.45, 7) is 5.57. The number of nitrogens with zero attached hydrogens (tertiary/aromatic N) is 4. The number of rotatable bonds is 9. The number of hydrogen-bond donors (Lipinski definition) is 1. The lowest BCUT2D eigenvalue weighted by Crippen LogP contribution is -2.36. The molecule has 2 aromatic carbocycles. The van der Waals surface area contributed by atoms with Gasteiger partial charge in [-0.3, -0.25) is 4.90 Å². The molecule has 3 aromatic rings. The maximum Gasteiger partial charge on any atom is 0.416 e. The number of piperidine rings is 1. The number of likely N-dealkylation sites (N-methyl/N-ethyl adjacent to an activating group) is 1. The van der Waals surface area contributed by atoms with Gasteiger partial charge in [-0.25, -0.2) is 4.98 Å². The molecule has 1 fully saturated rings. The third-order valence-corrected chi connectivity index (χ3v) is 6.68. The average molecular weight is 487 g/mol. The summed E-state index contributed by atoms with van der Waals surface area (Å²) in [5.74, 6) is 0.622. The van der Waals surface area contributed by atoms with Crippen LogP contribution in [0.5, 0.6) is 0 Å². The van der Waals surface area contributed by atoms with Crippen LogP contribution in [0.25, 0.3) is 11.1 Å². The fraction of sp³-hybridized carbons (Fsp3) is 0.444. The molecule has 4 rings (SSSR count). The summed E-state index contributed by atoms with van der Waals surface area (Å²) in [4.78, 5) is 9.22. The molecule has 1 N–H and O–H groups in total. The second kappa shape index (κ2) is 11.4. The summed E-state index contributed by atoms with van der Waals surface area (Å²) < 4.78 is 40.5. The highest BCUT2D eigenvalue weighted by Crippen LogP contribution is 2.31. The molecular formula is C27H33F3N4O. The molecule has 0 saturated carbocycles. The fourth-order valence-electron chi connectivity index (χ4n) is 4.59. The minimum atomic E-state index is -4.34. The molecule has 8 heteroatoms. The predicted molar refractivity (Wildman–Crippen MR) is 131 cm³/mol. The van der Waals surface area contributed by atoms with Gasteiger partial charge in [0.25, 0.3) is 0 Å². The number of halogens is 3. The highest BCUT2D eigenvalue weighted by Gasteiger charge is 2.30. The number of aliphatic hydroxyl groups excluding tert-OH is 1. The van der Waals surface area contributed by atoms with Crippen LogP contribution in [-0.2, 0) is 25.9 Å². The van der Waals surface area contributed by atoms with Gasteiger partial charge in [0, 0.05) is 32.4 Å². The number of benzene rings is 2. The summed E-state index contributed by atoms with van der Waals surface area (Å²) in [5, 5.41) is 9.81.